The predicted molar refractivity (Wildman–Crippen MR) is 117 cm³/mol. The van der Waals surface area contributed by atoms with Gasteiger partial charge in [0.15, 0.2) is 11.7 Å². The summed E-state index contributed by atoms with van der Waals surface area (Å²) in [6, 6.07) is 1.78. The van der Waals surface area contributed by atoms with E-state index in [0.29, 0.717) is 18.8 Å². The van der Waals surface area contributed by atoms with Crippen molar-refractivity contribution in [3.05, 3.63) is 23.7 Å². The van der Waals surface area contributed by atoms with Crippen LogP contribution in [0.5, 0.6) is 0 Å². The Morgan fingerprint density at radius 1 is 1.20 bits per heavy atom. The van der Waals surface area contributed by atoms with Gasteiger partial charge in [-0.05, 0) is 51.2 Å². The third-order valence-corrected chi connectivity index (χ3v) is 4.07. The highest BCUT2D eigenvalue weighted by molar-refractivity contribution is 14.0. The summed E-state index contributed by atoms with van der Waals surface area (Å²) >= 11 is 1.88. The largest absolute Gasteiger partial charge is 0.459 e. The molecule has 0 spiro atoms. The van der Waals surface area contributed by atoms with E-state index in [1.165, 1.54) is 18.4 Å². The molecule has 3 N–H and O–H groups in total. The minimum Gasteiger partial charge on any atom is -0.459 e. The summed E-state index contributed by atoms with van der Waals surface area (Å²) in [7, 11) is 0. The van der Waals surface area contributed by atoms with Gasteiger partial charge in [-0.25, -0.2) is 0 Å². The highest BCUT2D eigenvalue weighted by Crippen LogP contribution is 2.07. The lowest BCUT2D eigenvalue weighted by Crippen LogP contribution is -2.38. The van der Waals surface area contributed by atoms with Crippen molar-refractivity contribution >= 4 is 47.6 Å². The number of halogens is 1. The number of furan rings is 1. The molecule has 0 bridgehead atoms. The van der Waals surface area contributed by atoms with Crippen molar-refractivity contribution in [1.29, 1.82) is 0 Å². The Balaban J connectivity index is 0.00000576. The summed E-state index contributed by atoms with van der Waals surface area (Å²) in [6.45, 7) is 6.92. The zero-order valence-electron chi connectivity index (χ0n) is 15.4. The maximum Gasteiger partial charge on any atom is 0.287 e. The van der Waals surface area contributed by atoms with Crippen LogP contribution in [0.25, 0.3) is 0 Å². The highest BCUT2D eigenvalue weighted by Gasteiger charge is 2.11. The van der Waals surface area contributed by atoms with Crippen molar-refractivity contribution in [3.63, 3.8) is 0 Å². The van der Waals surface area contributed by atoms with E-state index in [0.717, 1.165) is 37.5 Å². The van der Waals surface area contributed by atoms with Crippen molar-refractivity contribution in [1.82, 2.24) is 16.0 Å². The molecule has 8 heteroatoms. The maximum atomic E-state index is 11.9. The van der Waals surface area contributed by atoms with E-state index in [2.05, 4.69) is 34.1 Å². The Morgan fingerprint density at radius 3 is 2.60 bits per heavy atom. The standard InChI is InChI=1S/C17H30N4O2S.HI/c1-4-18-17(20-9-5-6-13-24-3)21-11-7-10-19-16(22)15-14(2)8-12-23-15;/h8,12H,4-7,9-11,13H2,1-3H3,(H,19,22)(H2,18,20,21);1H. The number of aryl methyl sites for hydroxylation is 1. The molecule has 1 aromatic rings. The topological polar surface area (TPSA) is 78.7 Å². The number of carbonyl (C=O) groups is 1. The van der Waals surface area contributed by atoms with Crippen LogP contribution in [0.4, 0.5) is 0 Å². The van der Waals surface area contributed by atoms with Crippen LogP contribution in [-0.2, 0) is 0 Å². The number of nitrogens with one attached hydrogen (secondary N) is 3. The van der Waals surface area contributed by atoms with Gasteiger partial charge in [-0.3, -0.25) is 9.79 Å². The lowest BCUT2D eigenvalue weighted by Gasteiger charge is -2.11. The van der Waals surface area contributed by atoms with Gasteiger partial charge in [-0.1, -0.05) is 0 Å². The van der Waals surface area contributed by atoms with Crippen LogP contribution in [0, 0.1) is 6.92 Å². The number of hydrogen-bond acceptors (Lipinski definition) is 4. The van der Waals surface area contributed by atoms with E-state index in [9.17, 15) is 4.79 Å². The molecule has 0 aromatic carbocycles. The quantitative estimate of drug-likeness (QED) is 0.196. The maximum absolute atomic E-state index is 11.9. The molecule has 1 aromatic heterocycles. The average molecular weight is 482 g/mol. The van der Waals surface area contributed by atoms with Gasteiger partial charge in [0.25, 0.3) is 5.91 Å². The molecule has 1 heterocycles. The van der Waals surface area contributed by atoms with E-state index in [1.807, 2.05) is 18.7 Å². The fourth-order valence-electron chi connectivity index (χ4n) is 2.08. The number of nitrogens with zero attached hydrogens (tertiary/aromatic N) is 1. The molecule has 0 aliphatic heterocycles. The van der Waals surface area contributed by atoms with Crippen LogP contribution in [0.1, 0.15) is 42.3 Å². The Bertz CT molecular complexity index is 509. The summed E-state index contributed by atoms with van der Waals surface area (Å²) in [6.07, 6.45) is 6.80. The number of unbranched alkanes of at least 4 members (excludes halogenated alkanes) is 1. The van der Waals surface area contributed by atoms with Crippen molar-refractivity contribution in [3.8, 4) is 0 Å². The summed E-state index contributed by atoms with van der Waals surface area (Å²) in [5, 5.41) is 9.42. The number of thioether (sulfide) groups is 1. The molecule has 0 radical (unpaired) electrons. The van der Waals surface area contributed by atoms with Gasteiger partial charge in [0.2, 0.25) is 0 Å². The van der Waals surface area contributed by atoms with Crippen molar-refractivity contribution in [2.75, 3.05) is 38.2 Å². The molecule has 0 saturated heterocycles. The first kappa shape index (κ1) is 24.1. The minimum absolute atomic E-state index is 0. The molecule has 0 aliphatic carbocycles. The van der Waals surface area contributed by atoms with Crippen molar-refractivity contribution < 1.29 is 9.21 Å². The van der Waals surface area contributed by atoms with Crippen molar-refractivity contribution in [2.45, 2.75) is 33.1 Å². The van der Waals surface area contributed by atoms with Gasteiger partial charge in [-0.15, -0.1) is 24.0 Å². The predicted octanol–water partition coefficient (Wildman–Crippen LogP) is 3.02. The molecule has 25 heavy (non-hydrogen) atoms. The Morgan fingerprint density at radius 2 is 1.96 bits per heavy atom. The van der Waals surface area contributed by atoms with E-state index < -0.39 is 0 Å². The van der Waals surface area contributed by atoms with Gasteiger partial charge in [0.05, 0.1) is 6.26 Å². The van der Waals surface area contributed by atoms with Gasteiger partial charge < -0.3 is 20.4 Å². The number of rotatable bonds is 11. The second kappa shape index (κ2) is 15.4. The van der Waals surface area contributed by atoms with Crippen LogP contribution < -0.4 is 16.0 Å². The second-order valence-corrected chi connectivity index (χ2v) is 6.42. The molecule has 144 valence electrons. The molecule has 0 fully saturated rings. The van der Waals surface area contributed by atoms with Gasteiger partial charge in [-0.2, -0.15) is 11.8 Å². The van der Waals surface area contributed by atoms with E-state index in [-0.39, 0.29) is 29.9 Å². The minimum atomic E-state index is -0.166. The Hall–Kier alpha value is -0.900. The average Bonchev–Trinajstić information content (AvgIpc) is 3.00. The molecule has 0 saturated carbocycles. The Kier molecular flexibility index (Phi) is 14.8. The first-order chi connectivity index (χ1) is 11.7. The highest BCUT2D eigenvalue weighted by atomic mass is 127. The SMILES string of the molecule is CCNC(=NCCCNC(=O)c1occc1C)NCCCCSC.I. The Labute approximate surface area is 172 Å². The van der Waals surface area contributed by atoms with E-state index >= 15 is 0 Å². The molecular formula is C17H31IN4O2S. The number of guanidine groups is 1. The lowest BCUT2D eigenvalue weighted by atomic mass is 10.2. The zero-order valence-corrected chi connectivity index (χ0v) is 18.5. The molecule has 1 rings (SSSR count). The zero-order chi connectivity index (χ0) is 17.6. The summed E-state index contributed by atoms with van der Waals surface area (Å²) < 4.78 is 5.16. The van der Waals surface area contributed by atoms with Crippen LogP contribution in [-0.4, -0.2) is 50.1 Å². The molecule has 0 atom stereocenters. The van der Waals surface area contributed by atoms with Crippen LogP contribution >= 0.6 is 35.7 Å². The fourth-order valence-corrected chi connectivity index (χ4v) is 2.57. The molecular weight excluding hydrogens is 451 g/mol. The first-order valence-electron chi connectivity index (χ1n) is 8.52. The van der Waals surface area contributed by atoms with E-state index in [4.69, 9.17) is 4.42 Å². The number of carbonyl (C=O) groups excluding carboxylic acids is 1. The van der Waals surface area contributed by atoms with Crippen LogP contribution in [0.15, 0.2) is 21.7 Å². The molecule has 6 nitrogen and oxygen atoms in total. The molecule has 0 unspecified atom stereocenters. The number of aliphatic imine (C=N–C) groups is 1. The summed E-state index contributed by atoms with van der Waals surface area (Å²) in [5.74, 6) is 2.26. The monoisotopic (exact) mass is 482 g/mol. The van der Waals surface area contributed by atoms with Gasteiger partial charge >= 0.3 is 0 Å². The number of amides is 1. The van der Waals surface area contributed by atoms with Gasteiger partial charge in [0, 0.05) is 31.7 Å². The first-order valence-corrected chi connectivity index (χ1v) is 9.91. The molecule has 1 amide bonds. The normalized spacial score (nSPS) is 10.9. The third kappa shape index (κ3) is 10.6. The van der Waals surface area contributed by atoms with Gasteiger partial charge in [0.1, 0.15) is 0 Å². The van der Waals surface area contributed by atoms with Crippen molar-refractivity contribution in [2.24, 2.45) is 4.99 Å². The lowest BCUT2D eigenvalue weighted by molar-refractivity contribution is 0.0925. The number of hydrogen-bond donors (Lipinski definition) is 3. The fraction of sp³-hybridized carbons (Fsp3) is 0.647. The molecule has 0 aliphatic rings. The van der Waals surface area contributed by atoms with E-state index in [1.54, 1.807) is 6.07 Å². The van der Waals surface area contributed by atoms with Crippen LogP contribution in [0.2, 0.25) is 0 Å². The second-order valence-electron chi connectivity index (χ2n) is 5.43. The smallest absolute Gasteiger partial charge is 0.287 e. The third-order valence-electron chi connectivity index (χ3n) is 3.37. The summed E-state index contributed by atoms with van der Waals surface area (Å²) in [4.78, 5) is 16.4. The summed E-state index contributed by atoms with van der Waals surface area (Å²) in [5.41, 5.74) is 0.852. The van der Waals surface area contributed by atoms with Crippen LogP contribution in [0.3, 0.4) is 0 Å².